The molecule has 2 heterocycles. The lowest BCUT2D eigenvalue weighted by atomic mass is 10.1. The largest absolute Gasteiger partial charge is 0.453 e. The zero-order valence-corrected chi connectivity index (χ0v) is 17.6. The van der Waals surface area contributed by atoms with Crippen molar-refractivity contribution in [3.8, 4) is 11.5 Å². The Morgan fingerprint density at radius 2 is 2.20 bits per heavy atom. The summed E-state index contributed by atoms with van der Waals surface area (Å²) in [5.41, 5.74) is 0.508. The van der Waals surface area contributed by atoms with Crippen LogP contribution in [0.5, 0.6) is 11.5 Å². The minimum atomic E-state index is -3.09. The standard InChI is InChI=1S/C22H25FN2O4S/c1-2-3-12-25(18-10-13-30(27,28)16-18)22(26)9-7-17-6-8-21(20(23)14-17)29-19-5-4-11-24-15-19/h4-9,11,14-15,18H,2-3,10,12-13,16H2,1H3/b9-7+. The Bertz CT molecular complexity index is 1010. The van der Waals surface area contributed by atoms with Gasteiger partial charge in [-0.1, -0.05) is 19.4 Å². The number of nitrogens with zero attached hydrogens (tertiary/aromatic N) is 2. The molecule has 0 N–H and O–H groups in total. The molecule has 160 valence electrons. The molecule has 1 saturated heterocycles. The molecule has 0 spiro atoms. The van der Waals surface area contributed by atoms with Crippen molar-refractivity contribution in [2.24, 2.45) is 0 Å². The van der Waals surface area contributed by atoms with Crippen LogP contribution < -0.4 is 4.74 Å². The second-order valence-electron chi connectivity index (χ2n) is 7.26. The highest BCUT2D eigenvalue weighted by Gasteiger charge is 2.33. The Kier molecular flexibility index (Phi) is 7.20. The van der Waals surface area contributed by atoms with Gasteiger partial charge in [0.05, 0.1) is 17.7 Å². The van der Waals surface area contributed by atoms with Crippen LogP contribution in [0.3, 0.4) is 0 Å². The van der Waals surface area contributed by atoms with E-state index in [0.29, 0.717) is 24.3 Å². The van der Waals surface area contributed by atoms with Gasteiger partial charge in [0.25, 0.3) is 0 Å². The molecular weight excluding hydrogens is 407 g/mol. The molecule has 30 heavy (non-hydrogen) atoms. The summed E-state index contributed by atoms with van der Waals surface area (Å²) in [5, 5.41) is 0. The molecule has 1 unspecified atom stereocenters. The first-order valence-corrected chi connectivity index (χ1v) is 11.8. The molecule has 0 radical (unpaired) electrons. The van der Waals surface area contributed by atoms with E-state index in [1.807, 2.05) is 6.92 Å². The Balaban J connectivity index is 1.69. The van der Waals surface area contributed by atoms with Crippen LogP contribution in [0.1, 0.15) is 31.7 Å². The van der Waals surface area contributed by atoms with Crippen LogP contribution in [0, 0.1) is 5.82 Å². The van der Waals surface area contributed by atoms with E-state index in [1.165, 1.54) is 30.5 Å². The lowest BCUT2D eigenvalue weighted by molar-refractivity contribution is -0.127. The zero-order valence-electron chi connectivity index (χ0n) is 16.8. The normalized spacial score (nSPS) is 17.9. The van der Waals surface area contributed by atoms with Gasteiger partial charge in [-0.3, -0.25) is 9.78 Å². The summed E-state index contributed by atoms with van der Waals surface area (Å²) in [7, 11) is -3.09. The molecule has 1 amide bonds. The quantitative estimate of drug-likeness (QED) is 0.593. The van der Waals surface area contributed by atoms with Crippen LogP contribution in [0.15, 0.2) is 48.8 Å². The fourth-order valence-corrected chi connectivity index (χ4v) is 5.05. The van der Waals surface area contributed by atoms with Gasteiger partial charge >= 0.3 is 0 Å². The molecular formula is C22H25FN2O4S. The Hall–Kier alpha value is -2.74. The van der Waals surface area contributed by atoms with Crippen molar-refractivity contribution < 1.29 is 22.3 Å². The highest BCUT2D eigenvalue weighted by atomic mass is 32.2. The van der Waals surface area contributed by atoms with Gasteiger partial charge in [0, 0.05) is 24.9 Å². The van der Waals surface area contributed by atoms with E-state index in [2.05, 4.69) is 4.98 Å². The summed E-state index contributed by atoms with van der Waals surface area (Å²) < 4.78 is 43.5. The molecule has 1 aliphatic heterocycles. The molecule has 0 aliphatic carbocycles. The Labute approximate surface area is 176 Å². The third kappa shape index (κ3) is 5.89. The minimum absolute atomic E-state index is 0.00526. The number of amides is 1. The van der Waals surface area contributed by atoms with Crippen molar-refractivity contribution in [3.63, 3.8) is 0 Å². The monoisotopic (exact) mass is 432 g/mol. The van der Waals surface area contributed by atoms with Crippen LogP contribution in [0.4, 0.5) is 4.39 Å². The van der Waals surface area contributed by atoms with Gasteiger partial charge in [0.2, 0.25) is 5.91 Å². The van der Waals surface area contributed by atoms with E-state index >= 15 is 0 Å². The van der Waals surface area contributed by atoms with Crippen LogP contribution in [-0.4, -0.2) is 48.3 Å². The zero-order chi connectivity index (χ0) is 21.6. The molecule has 8 heteroatoms. The molecule has 3 rings (SSSR count). The summed E-state index contributed by atoms with van der Waals surface area (Å²) in [6.45, 7) is 2.52. The number of aromatic nitrogens is 1. The van der Waals surface area contributed by atoms with Crippen LogP contribution in [0.2, 0.25) is 0 Å². The lowest BCUT2D eigenvalue weighted by Gasteiger charge is -2.27. The summed E-state index contributed by atoms with van der Waals surface area (Å²) in [6.07, 6.45) is 8.14. The van der Waals surface area contributed by atoms with Crippen molar-refractivity contribution in [1.82, 2.24) is 9.88 Å². The number of rotatable bonds is 8. The number of hydrogen-bond acceptors (Lipinski definition) is 5. The number of benzene rings is 1. The highest BCUT2D eigenvalue weighted by molar-refractivity contribution is 7.91. The second kappa shape index (κ2) is 9.84. The predicted molar refractivity (Wildman–Crippen MR) is 113 cm³/mol. The third-order valence-corrected chi connectivity index (χ3v) is 6.67. The maximum absolute atomic E-state index is 14.4. The van der Waals surface area contributed by atoms with Crippen molar-refractivity contribution >= 4 is 21.8 Å². The number of hydrogen-bond donors (Lipinski definition) is 0. The third-order valence-electron chi connectivity index (χ3n) is 4.92. The van der Waals surface area contributed by atoms with Crippen LogP contribution in [0.25, 0.3) is 6.08 Å². The maximum Gasteiger partial charge on any atom is 0.246 e. The van der Waals surface area contributed by atoms with Crippen molar-refractivity contribution in [1.29, 1.82) is 0 Å². The molecule has 0 bridgehead atoms. The number of carbonyl (C=O) groups excluding carboxylic acids is 1. The highest BCUT2D eigenvalue weighted by Crippen LogP contribution is 2.25. The van der Waals surface area contributed by atoms with E-state index in [0.717, 1.165) is 12.8 Å². The minimum Gasteiger partial charge on any atom is -0.453 e. The molecule has 6 nitrogen and oxygen atoms in total. The summed E-state index contributed by atoms with van der Waals surface area (Å²) in [5.74, 6) is -0.216. The van der Waals surface area contributed by atoms with E-state index in [9.17, 15) is 17.6 Å². The van der Waals surface area contributed by atoms with Gasteiger partial charge < -0.3 is 9.64 Å². The molecule has 0 saturated carbocycles. The number of halogens is 1. The molecule has 2 aromatic rings. The smallest absolute Gasteiger partial charge is 0.246 e. The molecule has 1 aromatic carbocycles. The predicted octanol–water partition coefficient (Wildman–Crippen LogP) is 3.84. The van der Waals surface area contributed by atoms with Gasteiger partial charge in [-0.25, -0.2) is 12.8 Å². The van der Waals surface area contributed by atoms with E-state index in [1.54, 1.807) is 29.3 Å². The van der Waals surface area contributed by atoms with Gasteiger partial charge in [0.1, 0.15) is 5.75 Å². The topological polar surface area (TPSA) is 76.6 Å². The van der Waals surface area contributed by atoms with Crippen LogP contribution >= 0.6 is 0 Å². The average Bonchev–Trinajstić information content (AvgIpc) is 3.08. The molecule has 1 atom stereocenters. The van der Waals surface area contributed by atoms with E-state index in [-0.39, 0.29) is 29.2 Å². The van der Waals surface area contributed by atoms with Gasteiger partial charge in [-0.05, 0) is 48.7 Å². The fraction of sp³-hybridized carbons (Fsp3) is 0.364. The van der Waals surface area contributed by atoms with Gasteiger partial charge in [-0.15, -0.1) is 0 Å². The van der Waals surface area contributed by atoms with Crippen molar-refractivity contribution in [2.45, 2.75) is 32.2 Å². The number of sulfone groups is 1. The first-order valence-electron chi connectivity index (χ1n) is 9.94. The van der Waals surface area contributed by atoms with Crippen molar-refractivity contribution in [2.75, 3.05) is 18.1 Å². The molecule has 1 aliphatic rings. The summed E-state index contributed by atoms with van der Waals surface area (Å²) >= 11 is 0. The summed E-state index contributed by atoms with van der Waals surface area (Å²) in [6, 6.07) is 7.49. The molecule has 1 fully saturated rings. The van der Waals surface area contributed by atoms with Crippen LogP contribution in [-0.2, 0) is 14.6 Å². The first-order chi connectivity index (χ1) is 14.4. The first kappa shape index (κ1) is 22.0. The average molecular weight is 433 g/mol. The van der Waals surface area contributed by atoms with Crippen molar-refractivity contribution in [3.05, 3.63) is 60.2 Å². The fourth-order valence-electron chi connectivity index (χ4n) is 3.32. The Morgan fingerprint density at radius 1 is 1.37 bits per heavy atom. The van der Waals surface area contributed by atoms with E-state index < -0.39 is 15.7 Å². The lowest BCUT2D eigenvalue weighted by Crippen LogP contribution is -2.40. The maximum atomic E-state index is 14.4. The van der Waals surface area contributed by atoms with E-state index in [4.69, 9.17) is 4.74 Å². The van der Waals surface area contributed by atoms with Gasteiger partial charge in [-0.2, -0.15) is 0 Å². The Morgan fingerprint density at radius 3 is 2.83 bits per heavy atom. The number of unbranched alkanes of at least 4 members (excludes halogenated alkanes) is 1. The number of carbonyl (C=O) groups is 1. The number of ether oxygens (including phenoxy) is 1. The SMILES string of the molecule is CCCCN(C(=O)/C=C/c1ccc(Oc2cccnc2)c(F)c1)C1CCS(=O)(=O)C1. The number of pyridine rings is 1. The second-order valence-corrected chi connectivity index (χ2v) is 9.48. The van der Waals surface area contributed by atoms with Gasteiger partial charge in [0.15, 0.2) is 21.4 Å². The molecule has 1 aromatic heterocycles. The summed E-state index contributed by atoms with van der Waals surface area (Å²) in [4.78, 5) is 18.3.